The minimum Gasteiger partial charge on any atom is -0.480 e. The molecule has 0 bridgehead atoms. The van der Waals surface area contributed by atoms with Gasteiger partial charge in [0, 0.05) is 6.04 Å². The van der Waals surface area contributed by atoms with Crippen LogP contribution in [0.2, 0.25) is 0 Å². The van der Waals surface area contributed by atoms with E-state index in [0.717, 1.165) is 25.7 Å². The van der Waals surface area contributed by atoms with E-state index in [1.807, 2.05) is 0 Å². The van der Waals surface area contributed by atoms with Crippen LogP contribution in [0, 0.1) is 0 Å². The Morgan fingerprint density at radius 3 is 2.25 bits per heavy atom. The van der Waals surface area contributed by atoms with Crippen molar-refractivity contribution in [1.29, 1.82) is 0 Å². The fraction of sp³-hybridized carbons (Fsp3) is 0.889. The van der Waals surface area contributed by atoms with Crippen molar-refractivity contribution in [3.05, 3.63) is 0 Å². The first kappa shape index (κ1) is 9.52. The van der Waals surface area contributed by atoms with Gasteiger partial charge in [0.25, 0.3) is 0 Å². The molecule has 0 aromatic rings. The van der Waals surface area contributed by atoms with Gasteiger partial charge in [-0.3, -0.25) is 10.1 Å². The van der Waals surface area contributed by atoms with Gasteiger partial charge in [-0.25, -0.2) is 0 Å². The Morgan fingerprint density at radius 1 is 1.50 bits per heavy atom. The maximum Gasteiger partial charge on any atom is 0.323 e. The van der Waals surface area contributed by atoms with Gasteiger partial charge in [0.05, 0.1) is 0 Å². The highest BCUT2D eigenvalue weighted by Crippen LogP contribution is 2.36. The monoisotopic (exact) mass is 171 g/mol. The van der Waals surface area contributed by atoms with Gasteiger partial charge in [-0.2, -0.15) is 0 Å². The van der Waals surface area contributed by atoms with Crippen LogP contribution in [0.3, 0.4) is 0 Å². The summed E-state index contributed by atoms with van der Waals surface area (Å²) >= 11 is 0. The van der Waals surface area contributed by atoms with Gasteiger partial charge in [-0.1, -0.05) is 13.8 Å². The van der Waals surface area contributed by atoms with Crippen LogP contribution >= 0.6 is 0 Å². The first-order valence-corrected chi connectivity index (χ1v) is 4.65. The molecule has 0 radical (unpaired) electrons. The Bertz CT molecular complexity index is 171. The molecule has 0 heterocycles. The van der Waals surface area contributed by atoms with Crippen LogP contribution in [-0.4, -0.2) is 22.7 Å². The standard InChI is InChI=1S/C9H17NO2/c1-3-7(4-2)10-9(5-6-9)8(11)12/h7,10H,3-6H2,1-2H3,(H,11,12). The van der Waals surface area contributed by atoms with Crippen LogP contribution in [0.1, 0.15) is 39.5 Å². The number of carbonyl (C=O) groups is 1. The average molecular weight is 171 g/mol. The summed E-state index contributed by atoms with van der Waals surface area (Å²) in [5.41, 5.74) is -0.559. The van der Waals surface area contributed by atoms with Gasteiger partial charge in [-0.05, 0) is 25.7 Å². The van der Waals surface area contributed by atoms with Gasteiger partial charge in [0.1, 0.15) is 5.54 Å². The Balaban J connectivity index is 2.44. The van der Waals surface area contributed by atoms with E-state index in [0.29, 0.717) is 6.04 Å². The lowest BCUT2D eigenvalue weighted by molar-refractivity contribution is -0.141. The van der Waals surface area contributed by atoms with Crippen LogP contribution in [0.4, 0.5) is 0 Å². The van der Waals surface area contributed by atoms with Gasteiger partial charge >= 0.3 is 5.97 Å². The van der Waals surface area contributed by atoms with E-state index in [9.17, 15) is 4.79 Å². The van der Waals surface area contributed by atoms with Crippen molar-refractivity contribution < 1.29 is 9.90 Å². The summed E-state index contributed by atoms with van der Waals surface area (Å²) in [7, 11) is 0. The zero-order valence-electron chi connectivity index (χ0n) is 7.76. The number of hydrogen-bond acceptors (Lipinski definition) is 2. The van der Waals surface area contributed by atoms with Gasteiger partial charge in [-0.15, -0.1) is 0 Å². The second-order valence-corrected chi connectivity index (χ2v) is 3.55. The molecule has 70 valence electrons. The normalized spacial score (nSPS) is 19.6. The van der Waals surface area contributed by atoms with Crippen LogP contribution in [0.25, 0.3) is 0 Å². The molecule has 1 aliphatic carbocycles. The van der Waals surface area contributed by atoms with E-state index in [1.54, 1.807) is 0 Å². The number of nitrogens with one attached hydrogen (secondary N) is 1. The lowest BCUT2D eigenvalue weighted by Crippen LogP contribution is -2.45. The zero-order chi connectivity index (χ0) is 9.19. The predicted molar refractivity (Wildman–Crippen MR) is 47.1 cm³/mol. The van der Waals surface area contributed by atoms with Gasteiger partial charge < -0.3 is 5.11 Å². The van der Waals surface area contributed by atoms with E-state index in [2.05, 4.69) is 19.2 Å². The third-order valence-corrected chi connectivity index (χ3v) is 2.63. The number of hydrogen-bond donors (Lipinski definition) is 2. The predicted octanol–water partition coefficient (Wildman–Crippen LogP) is 1.38. The molecule has 1 aliphatic rings. The van der Waals surface area contributed by atoms with Crippen LogP contribution in [-0.2, 0) is 4.79 Å². The second kappa shape index (κ2) is 3.44. The Hall–Kier alpha value is -0.570. The van der Waals surface area contributed by atoms with Crippen LogP contribution in [0.5, 0.6) is 0 Å². The first-order chi connectivity index (χ1) is 5.64. The Labute approximate surface area is 73.2 Å². The molecule has 1 saturated carbocycles. The maximum absolute atomic E-state index is 10.8. The van der Waals surface area contributed by atoms with E-state index in [-0.39, 0.29) is 0 Å². The number of carboxylic acids is 1. The summed E-state index contributed by atoms with van der Waals surface area (Å²) < 4.78 is 0. The minimum atomic E-state index is -0.686. The molecule has 0 unspecified atom stereocenters. The zero-order valence-corrected chi connectivity index (χ0v) is 7.76. The van der Waals surface area contributed by atoms with Crippen molar-refractivity contribution in [2.45, 2.75) is 51.1 Å². The summed E-state index contributed by atoms with van der Waals surface area (Å²) in [5, 5.41) is 12.1. The van der Waals surface area contributed by atoms with Crippen molar-refractivity contribution in [3.63, 3.8) is 0 Å². The molecular weight excluding hydrogens is 154 g/mol. The molecule has 12 heavy (non-hydrogen) atoms. The second-order valence-electron chi connectivity index (χ2n) is 3.55. The topological polar surface area (TPSA) is 49.3 Å². The van der Waals surface area contributed by atoms with E-state index < -0.39 is 11.5 Å². The van der Waals surface area contributed by atoms with Crippen molar-refractivity contribution in [2.75, 3.05) is 0 Å². The first-order valence-electron chi connectivity index (χ1n) is 4.65. The average Bonchev–Trinajstić information content (AvgIpc) is 2.81. The Kier molecular flexibility index (Phi) is 2.73. The number of rotatable bonds is 5. The fourth-order valence-corrected chi connectivity index (χ4v) is 1.43. The van der Waals surface area contributed by atoms with E-state index in [4.69, 9.17) is 5.11 Å². The lowest BCUT2D eigenvalue weighted by atomic mass is 10.1. The van der Waals surface area contributed by atoms with Crippen molar-refractivity contribution in [1.82, 2.24) is 5.32 Å². The molecule has 0 amide bonds. The molecule has 0 aromatic heterocycles. The third-order valence-electron chi connectivity index (χ3n) is 2.63. The van der Waals surface area contributed by atoms with Crippen LogP contribution in [0.15, 0.2) is 0 Å². The molecule has 0 atom stereocenters. The largest absolute Gasteiger partial charge is 0.480 e. The molecular formula is C9H17NO2. The summed E-state index contributed by atoms with van der Waals surface area (Å²) in [6, 6.07) is 0.364. The van der Waals surface area contributed by atoms with Gasteiger partial charge in [0.15, 0.2) is 0 Å². The molecule has 0 spiro atoms. The van der Waals surface area contributed by atoms with E-state index in [1.165, 1.54) is 0 Å². The van der Waals surface area contributed by atoms with Crippen molar-refractivity contribution in [2.24, 2.45) is 0 Å². The quantitative estimate of drug-likeness (QED) is 0.657. The van der Waals surface area contributed by atoms with Crippen molar-refractivity contribution in [3.8, 4) is 0 Å². The summed E-state index contributed by atoms with van der Waals surface area (Å²) in [5.74, 6) is -0.686. The van der Waals surface area contributed by atoms with Gasteiger partial charge in [0.2, 0.25) is 0 Å². The highest BCUT2D eigenvalue weighted by atomic mass is 16.4. The smallest absolute Gasteiger partial charge is 0.323 e. The summed E-state index contributed by atoms with van der Waals surface area (Å²) in [6.45, 7) is 4.16. The lowest BCUT2D eigenvalue weighted by Gasteiger charge is -2.20. The molecule has 1 fully saturated rings. The maximum atomic E-state index is 10.8. The van der Waals surface area contributed by atoms with Crippen molar-refractivity contribution >= 4 is 5.97 Å². The SMILES string of the molecule is CCC(CC)NC1(C(=O)O)CC1. The van der Waals surface area contributed by atoms with Crippen LogP contribution < -0.4 is 5.32 Å². The highest BCUT2D eigenvalue weighted by Gasteiger charge is 2.50. The molecule has 0 aliphatic heterocycles. The number of carboxylic acid groups (broad SMARTS) is 1. The number of aliphatic carboxylic acids is 1. The summed E-state index contributed by atoms with van der Waals surface area (Å²) in [4.78, 5) is 10.8. The van der Waals surface area contributed by atoms with E-state index >= 15 is 0 Å². The molecule has 0 saturated heterocycles. The summed E-state index contributed by atoms with van der Waals surface area (Å²) in [6.07, 6.45) is 3.59. The molecule has 0 aromatic carbocycles. The molecule has 1 rings (SSSR count). The minimum absolute atomic E-state index is 0.364. The molecule has 3 nitrogen and oxygen atoms in total. The molecule has 3 heteroatoms. The molecule has 2 N–H and O–H groups in total. The third kappa shape index (κ3) is 1.78. The Morgan fingerprint density at radius 2 is 2.00 bits per heavy atom. The highest BCUT2D eigenvalue weighted by molar-refractivity contribution is 5.82. The fourth-order valence-electron chi connectivity index (χ4n) is 1.43.